The number of hydroxylamine groups is 1. The van der Waals surface area contributed by atoms with Crippen LogP contribution in [-0.4, -0.2) is 35.4 Å². The van der Waals surface area contributed by atoms with Crippen molar-refractivity contribution >= 4 is 57.1 Å². The fourth-order valence-corrected chi connectivity index (χ4v) is 4.14. The lowest BCUT2D eigenvalue weighted by molar-refractivity contribution is -0.384. The molecule has 2 amide bonds. The van der Waals surface area contributed by atoms with Crippen molar-refractivity contribution in [1.29, 1.82) is 0 Å². The summed E-state index contributed by atoms with van der Waals surface area (Å²) in [6.07, 6.45) is 0.812. The van der Waals surface area contributed by atoms with E-state index in [4.69, 9.17) is 14.0 Å². The average molecular weight is 534 g/mol. The third kappa shape index (κ3) is 6.21. The van der Waals surface area contributed by atoms with Gasteiger partial charge < -0.3 is 14.5 Å². The second kappa shape index (κ2) is 10.9. The van der Waals surface area contributed by atoms with Gasteiger partial charge in [0.25, 0.3) is 11.6 Å². The summed E-state index contributed by atoms with van der Waals surface area (Å²) in [5.74, 6) is -1.12. The molecule has 0 fully saturated rings. The van der Waals surface area contributed by atoms with Gasteiger partial charge in [-0.25, -0.2) is 0 Å². The van der Waals surface area contributed by atoms with Gasteiger partial charge in [-0.1, -0.05) is 24.3 Å². The molecule has 11 nitrogen and oxygen atoms in total. The van der Waals surface area contributed by atoms with Gasteiger partial charge in [-0.2, -0.15) is 5.06 Å². The van der Waals surface area contributed by atoms with Crippen molar-refractivity contribution in [2.24, 2.45) is 0 Å². The summed E-state index contributed by atoms with van der Waals surface area (Å²) in [5, 5.41) is 16.8. The second-order valence-corrected chi connectivity index (χ2v) is 9.74. The molecule has 1 N–H and O–H groups in total. The Kier molecular flexibility index (Phi) is 7.63. The highest BCUT2D eigenvalue weighted by Gasteiger charge is 2.23. The van der Waals surface area contributed by atoms with Crippen molar-refractivity contribution in [3.05, 3.63) is 76.0 Å². The van der Waals surface area contributed by atoms with E-state index in [0.29, 0.717) is 45.1 Å². The van der Waals surface area contributed by atoms with Crippen molar-refractivity contribution < 1.29 is 33.3 Å². The van der Waals surface area contributed by atoms with Gasteiger partial charge in [-0.05, 0) is 49.9 Å². The topological polar surface area (TPSA) is 141 Å². The maximum Gasteiger partial charge on any atom is 0.302 e. The van der Waals surface area contributed by atoms with Gasteiger partial charge in [0, 0.05) is 41.9 Å². The molecule has 1 aromatic heterocycles. The smallest absolute Gasteiger partial charge is 0.302 e. The molecule has 0 saturated carbocycles. The first-order valence-corrected chi connectivity index (χ1v) is 12.1. The molecule has 39 heavy (non-hydrogen) atoms. The number of non-ortho nitro benzene ring substituents is 1. The van der Waals surface area contributed by atoms with Crippen LogP contribution in [0.1, 0.15) is 43.8 Å². The van der Waals surface area contributed by atoms with Crippen molar-refractivity contribution in [3.8, 4) is 0 Å². The number of hydrogen-bond acceptors (Lipinski definition) is 8. The van der Waals surface area contributed by atoms with Crippen LogP contribution in [0.25, 0.3) is 21.7 Å². The number of furan rings is 1. The number of esters is 1. The highest BCUT2D eigenvalue weighted by atomic mass is 16.7. The monoisotopic (exact) mass is 533 g/mol. The molecule has 11 heteroatoms. The molecule has 0 aliphatic rings. The van der Waals surface area contributed by atoms with Crippen LogP contribution in [-0.2, 0) is 25.6 Å². The predicted octanol–water partition coefficient (Wildman–Crippen LogP) is 5.55. The number of nitrogens with one attached hydrogen (secondary N) is 1. The Morgan fingerprint density at radius 3 is 2.46 bits per heavy atom. The van der Waals surface area contributed by atoms with Gasteiger partial charge in [0.2, 0.25) is 6.41 Å². The first kappa shape index (κ1) is 27.3. The first-order chi connectivity index (χ1) is 18.5. The number of nitro groups is 1. The normalized spacial score (nSPS) is 11.4. The summed E-state index contributed by atoms with van der Waals surface area (Å²) >= 11 is 0. The Morgan fingerprint density at radius 1 is 1.10 bits per heavy atom. The number of rotatable bonds is 9. The fraction of sp³-hybridized carbons (Fsp3) is 0.250. The van der Waals surface area contributed by atoms with Gasteiger partial charge in [0.05, 0.1) is 22.8 Å². The number of fused-ring (bicyclic) bond motifs is 2. The first-order valence-electron chi connectivity index (χ1n) is 12.1. The van der Waals surface area contributed by atoms with E-state index in [-0.39, 0.29) is 24.5 Å². The van der Waals surface area contributed by atoms with Crippen LogP contribution in [0, 0.1) is 10.1 Å². The third-order valence-corrected chi connectivity index (χ3v) is 5.68. The summed E-state index contributed by atoms with van der Waals surface area (Å²) in [5.41, 5.74) is 0.882. The van der Waals surface area contributed by atoms with Crippen LogP contribution < -0.4 is 10.4 Å². The molecule has 3 aromatic carbocycles. The van der Waals surface area contributed by atoms with Crippen LogP contribution in [0.5, 0.6) is 0 Å². The summed E-state index contributed by atoms with van der Waals surface area (Å²) < 4.78 is 10.8. The summed E-state index contributed by atoms with van der Waals surface area (Å²) in [4.78, 5) is 53.2. The molecule has 0 saturated heterocycles. The van der Waals surface area contributed by atoms with Crippen LogP contribution in [0.15, 0.2) is 59.0 Å². The summed E-state index contributed by atoms with van der Waals surface area (Å²) in [6.45, 7) is 6.77. The molecule has 0 spiro atoms. The maximum atomic E-state index is 13.3. The molecule has 4 rings (SSSR count). The number of anilines is 2. The number of nitrogens with zero attached hydrogens (tertiary/aromatic N) is 2. The standard InChI is InChI=1S/C28H27N3O8/c1-17(33)37-12-11-21-20-7-5-6-8-22(20)24(30(16-32)39-28(2,3)4)15-23(21)29-27(34)26-14-18-13-19(31(35)36)9-10-25(18)38-26/h5-10,13-16H,11-12H2,1-4H3,(H,29,34). The summed E-state index contributed by atoms with van der Waals surface area (Å²) in [7, 11) is 0. The Hall–Kier alpha value is -4.77. The number of ether oxygens (including phenoxy) is 1. The SMILES string of the molecule is CC(=O)OCCc1c(NC(=O)c2cc3cc([N+](=O)[O-])ccc3o2)cc(N(C=O)OC(C)(C)C)c2ccccc12. The zero-order chi connectivity index (χ0) is 28.3. The quantitative estimate of drug-likeness (QED) is 0.128. The highest BCUT2D eigenvalue weighted by molar-refractivity contribution is 6.09. The van der Waals surface area contributed by atoms with Gasteiger partial charge in [-0.3, -0.25) is 29.3 Å². The number of carbonyl (C=O) groups is 3. The zero-order valence-electron chi connectivity index (χ0n) is 21.8. The van der Waals surface area contributed by atoms with Crippen molar-refractivity contribution in [2.75, 3.05) is 17.0 Å². The van der Waals surface area contributed by atoms with Crippen LogP contribution >= 0.6 is 0 Å². The molecule has 0 radical (unpaired) electrons. The molecular weight excluding hydrogens is 506 g/mol. The number of benzene rings is 3. The van der Waals surface area contributed by atoms with E-state index in [1.807, 2.05) is 24.3 Å². The van der Waals surface area contributed by atoms with Gasteiger partial charge in [-0.15, -0.1) is 0 Å². The Balaban J connectivity index is 1.80. The molecule has 0 bridgehead atoms. The lowest BCUT2D eigenvalue weighted by Gasteiger charge is -2.28. The number of carbonyl (C=O) groups excluding carboxylic acids is 3. The van der Waals surface area contributed by atoms with Crippen molar-refractivity contribution in [1.82, 2.24) is 0 Å². The zero-order valence-corrected chi connectivity index (χ0v) is 21.8. The lowest BCUT2D eigenvalue weighted by Crippen LogP contribution is -2.33. The molecule has 0 unspecified atom stereocenters. The van der Waals surface area contributed by atoms with E-state index in [9.17, 15) is 24.5 Å². The van der Waals surface area contributed by atoms with Crippen LogP contribution in [0.4, 0.5) is 17.1 Å². The van der Waals surface area contributed by atoms with Crippen molar-refractivity contribution in [2.45, 2.75) is 39.7 Å². The van der Waals surface area contributed by atoms with Gasteiger partial charge in [0.15, 0.2) is 5.76 Å². The molecule has 0 aliphatic heterocycles. The predicted molar refractivity (Wildman–Crippen MR) is 144 cm³/mol. The van der Waals surface area contributed by atoms with E-state index < -0.39 is 22.4 Å². The van der Waals surface area contributed by atoms with Gasteiger partial charge >= 0.3 is 5.97 Å². The minimum Gasteiger partial charge on any atom is -0.466 e. The van der Waals surface area contributed by atoms with E-state index in [1.54, 1.807) is 26.8 Å². The third-order valence-electron chi connectivity index (χ3n) is 5.68. The molecular formula is C28H27N3O8. The average Bonchev–Trinajstić information content (AvgIpc) is 3.31. The van der Waals surface area contributed by atoms with E-state index in [0.717, 1.165) is 5.06 Å². The number of nitro benzene ring substituents is 1. The fourth-order valence-electron chi connectivity index (χ4n) is 4.14. The molecule has 4 aromatic rings. The van der Waals surface area contributed by atoms with Crippen LogP contribution in [0.2, 0.25) is 0 Å². The van der Waals surface area contributed by atoms with Crippen LogP contribution in [0.3, 0.4) is 0 Å². The number of amides is 2. The Labute approximate surface area is 223 Å². The van der Waals surface area contributed by atoms with E-state index >= 15 is 0 Å². The van der Waals surface area contributed by atoms with E-state index in [1.165, 1.54) is 31.2 Å². The van der Waals surface area contributed by atoms with Crippen molar-refractivity contribution in [3.63, 3.8) is 0 Å². The minimum absolute atomic E-state index is 0.0612. The molecule has 0 atom stereocenters. The largest absolute Gasteiger partial charge is 0.466 e. The maximum absolute atomic E-state index is 13.3. The highest BCUT2D eigenvalue weighted by Crippen LogP contribution is 2.37. The van der Waals surface area contributed by atoms with Gasteiger partial charge in [0.1, 0.15) is 5.58 Å². The molecule has 1 heterocycles. The minimum atomic E-state index is -0.698. The lowest BCUT2D eigenvalue weighted by atomic mass is 9.98. The second-order valence-electron chi connectivity index (χ2n) is 9.74. The molecule has 202 valence electrons. The van der Waals surface area contributed by atoms with E-state index in [2.05, 4.69) is 5.32 Å². The Morgan fingerprint density at radius 2 is 1.82 bits per heavy atom. The molecule has 0 aliphatic carbocycles. The number of hydrogen-bond donors (Lipinski definition) is 1. The summed E-state index contributed by atoms with van der Waals surface area (Å²) in [6, 6.07) is 14.3. The Bertz CT molecular complexity index is 1590.